The quantitative estimate of drug-likeness (QED) is 0.767. The van der Waals surface area contributed by atoms with Crippen LogP contribution in [0.25, 0.3) is 11.0 Å². The molecule has 7 heteroatoms. The van der Waals surface area contributed by atoms with E-state index < -0.39 is 6.09 Å². The molecule has 1 aromatic heterocycles. The van der Waals surface area contributed by atoms with Gasteiger partial charge in [0, 0.05) is 7.05 Å². The minimum absolute atomic E-state index is 0.288. The van der Waals surface area contributed by atoms with Crippen LogP contribution in [0.3, 0.4) is 0 Å². The lowest BCUT2D eigenvalue weighted by Crippen LogP contribution is -2.48. The van der Waals surface area contributed by atoms with E-state index in [1.165, 1.54) is 16.7 Å². The highest BCUT2D eigenvalue weighted by atomic mass is 16.7. The Balaban J connectivity index is 1.94. The van der Waals surface area contributed by atoms with Crippen LogP contribution in [0, 0.1) is 0 Å². The molecular weight excluding hydrogens is 346 g/mol. The third-order valence-electron chi connectivity index (χ3n) is 5.41. The van der Waals surface area contributed by atoms with E-state index >= 15 is 0 Å². The van der Waals surface area contributed by atoms with Gasteiger partial charge in [-0.05, 0) is 30.0 Å². The van der Waals surface area contributed by atoms with E-state index in [4.69, 9.17) is 4.84 Å². The molecule has 4 rings (SSSR count). The molecule has 27 heavy (non-hydrogen) atoms. The van der Waals surface area contributed by atoms with Crippen molar-refractivity contribution in [2.24, 2.45) is 0 Å². The molecule has 0 unspecified atom stereocenters. The number of imidazole rings is 1. The lowest BCUT2D eigenvalue weighted by atomic mass is 9.89. The number of likely N-dealkylation sites (N-methyl/N-ethyl adjacent to an activating group) is 1. The number of aromatic nitrogens is 2. The van der Waals surface area contributed by atoms with Gasteiger partial charge in [-0.3, -0.25) is 4.57 Å². The Morgan fingerprint density at radius 1 is 1.22 bits per heavy atom. The third-order valence-corrected chi connectivity index (χ3v) is 5.41. The Kier molecular flexibility index (Phi) is 4.14. The van der Waals surface area contributed by atoms with Gasteiger partial charge in [0.2, 0.25) is 0 Å². The lowest BCUT2D eigenvalue weighted by Gasteiger charge is -2.37. The van der Waals surface area contributed by atoms with Gasteiger partial charge in [0.25, 0.3) is 0 Å². The molecule has 1 N–H and O–H groups in total. The van der Waals surface area contributed by atoms with Crippen molar-refractivity contribution < 1.29 is 14.7 Å². The average molecular weight is 367 g/mol. The Morgan fingerprint density at radius 3 is 2.63 bits per heavy atom. The summed E-state index contributed by atoms with van der Waals surface area (Å²) >= 11 is 0. The number of rotatable bonds is 4. The van der Waals surface area contributed by atoms with Crippen LogP contribution >= 0.6 is 0 Å². The summed E-state index contributed by atoms with van der Waals surface area (Å²) in [6.07, 6.45) is 0.0956. The second kappa shape index (κ2) is 6.50. The second-order valence-electron chi connectivity index (χ2n) is 6.84. The monoisotopic (exact) mass is 367 g/mol. The van der Waals surface area contributed by atoms with Crippen LogP contribution in [0.5, 0.6) is 0 Å². The summed E-state index contributed by atoms with van der Waals surface area (Å²) in [5.41, 5.74) is 3.23. The van der Waals surface area contributed by atoms with Gasteiger partial charge in [-0.25, -0.2) is 9.59 Å². The van der Waals surface area contributed by atoms with E-state index in [-0.39, 0.29) is 17.8 Å². The first kappa shape index (κ1) is 17.2. The first-order valence-corrected chi connectivity index (χ1v) is 8.82. The van der Waals surface area contributed by atoms with Crippen LogP contribution in [0.15, 0.2) is 53.3 Å². The molecule has 7 nitrogen and oxygen atoms in total. The molecule has 1 amide bonds. The SMILES string of the molecule is COn1c(=O)n2c3c(cccc31)C[C@@H](N(C)C(=O)O)[C@H]2Cc1ccccc1. The number of nitrogens with zero attached hydrogens (tertiary/aromatic N) is 3. The number of carbonyl (C=O) groups is 1. The predicted molar refractivity (Wildman–Crippen MR) is 101 cm³/mol. The standard InChI is InChI=1S/C20H21N3O4/c1-21(20(25)26)16-12-14-9-6-10-15-18(14)22(19(24)23(15)27-2)17(16)11-13-7-4-3-5-8-13/h3-10,16-17H,11-12H2,1-2H3,(H,25,26)/t16-,17-/m1/s1. The minimum Gasteiger partial charge on any atom is -0.465 e. The zero-order valence-electron chi connectivity index (χ0n) is 15.2. The van der Waals surface area contributed by atoms with Crippen LogP contribution in [0.4, 0.5) is 4.79 Å². The van der Waals surface area contributed by atoms with Crippen LogP contribution in [-0.2, 0) is 12.8 Å². The first-order chi connectivity index (χ1) is 13.0. The molecule has 0 saturated carbocycles. The zero-order valence-corrected chi connectivity index (χ0v) is 15.2. The number of hydrogen-bond donors (Lipinski definition) is 1. The normalized spacial score (nSPS) is 18.4. The maximum Gasteiger partial charge on any atom is 0.407 e. The fourth-order valence-corrected chi connectivity index (χ4v) is 4.12. The molecule has 2 heterocycles. The molecule has 0 spiro atoms. The van der Waals surface area contributed by atoms with Crippen molar-refractivity contribution >= 4 is 17.1 Å². The highest BCUT2D eigenvalue weighted by molar-refractivity contribution is 5.81. The van der Waals surface area contributed by atoms with Crippen LogP contribution in [-0.4, -0.2) is 45.6 Å². The molecule has 140 valence electrons. The molecule has 0 bridgehead atoms. The van der Waals surface area contributed by atoms with Crippen LogP contribution in [0.2, 0.25) is 0 Å². The molecule has 0 fully saturated rings. The molecule has 1 aliphatic rings. The predicted octanol–water partition coefficient (Wildman–Crippen LogP) is 2.18. The maximum atomic E-state index is 13.1. The molecule has 2 atom stereocenters. The van der Waals surface area contributed by atoms with E-state index in [9.17, 15) is 14.7 Å². The topological polar surface area (TPSA) is 76.7 Å². The van der Waals surface area contributed by atoms with Gasteiger partial charge in [0.1, 0.15) is 12.6 Å². The van der Waals surface area contributed by atoms with Crippen LogP contribution in [0.1, 0.15) is 17.2 Å². The van der Waals surface area contributed by atoms with E-state index in [0.717, 1.165) is 16.6 Å². The Morgan fingerprint density at radius 2 is 1.96 bits per heavy atom. The fourth-order valence-electron chi connectivity index (χ4n) is 4.12. The number of para-hydroxylation sites is 1. The smallest absolute Gasteiger partial charge is 0.407 e. The van der Waals surface area contributed by atoms with Gasteiger partial charge in [0.05, 0.1) is 17.6 Å². The van der Waals surface area contributed by atoms with Crippen molar-refractivity contribution in [2.75, 3.05) is 14.2 Å². The largest absolute Gasteiger partial charge is 0.465 e. The van der Waals surface area contributed by atoms with E-state index in [2.05, 4.69) is 0 Å². The molecule has 0 aliphatic carbocycles. The summed E-state index contributed by atoms with van der Waals surface area (Å²) in [7, 11) is 3.03. The molecule has 0 radical (unpaired) electrons. The summed E-state index contributed by atoms with van der Waals surface area (Å²) in [5, 5.41) is 9.59. The molecule has 1 aliphatic heterocycles. The third kappa shape index (κ3) is 2.66. The van der Waals surface area contributed by atoms with Gasteiger partial charge in [-0.2, -0.15) is 0 Å². The molecule has 0 saturated heterocycles. The molecular formula is C20H21N3O4. The van der Waals surface area contributed by atoms with Crippen molar-refractivity contribution in [3.63, 3.8) is 0 Å². The highest BCUT2D eigenvalue weighted by Gasteiger charge is 2.37. The van der Waals surface area contributed by atoms with Crippen molar-refractivity contribution in [3.8, 4) is 0 Å². The minimum atomic E-state index is -1.01. The summed E-state index contributed by atoms with van der Waals surface area (Å²) in [6.45, 7) is 0. The average Bonchev–Trinajstić information content (AvgIpc) is 2.97. The van der Waals surface area contributed by atoms with Crippen molar-refractivity contribution in [1.29, 1.82) is 0 Å². The van der Waals surface area contributed by atoms with E-state index in [0.29, 0.717) is 18.4 Å². The maximum absolute atomic E-state index is 13.1. The lowest BCUT2D eigenvalue weighted by molar-refractivity contribution is 0.116. The van der Waals surface area contributed by atoms with Gasteiger partial charge in [-0.1, -0.05) is 42.5 Å². The zero-order chi connectivity index (χ0) is 19.1. The number of amides is 1. The van der Waals surface area contributed by atoms with Crippen molar-refractivity contribution in [1.82, 2.24) is 14.2 Å². The number of benzene rings is 2. The van der Waals surface area contributed by atoms with Gasteiger partial charge in [0.15, 0.2) is 0 Å². The van der Waals surface area contributed by atoms with E-state index in [1.807, 2.05) is 48.5 Å². The number of hydrogen-bond acceptors (Lipinski definition) is 3. The van der Waals surface area contributed by atoms with Crippen molar-refractivity contribution in [3.05, 3.63) is 70.1 Å². The fraction of sp³-hybridized carbons (Fsp3) is 0.300. The Hall–Kier alpha value is -3.22. The second-order valence-corrected chi connectivity index (χ2v) is 6.84. The van der Waals surface area contributed by atoms with Gasteiger partial charge < -0.3 is 14.8 Å². The summed E-state index contributed by atoms with van der Waals surface area (Å²) in [6, 6.07) is 14.8. The highest BCUT2D eigenvalue weighted by Crippen LogP contribution is 2.34. The first-order valence-electron chi connectivity index (χ1n) is 8.82. The number of carboxylic acid groups (broad SMARTS) is 1. The molecule has 3 aromatic rings. The Labute approximate surface area is 156 Å². The van der Waals surface area contributed by atoms with E-state index in [1.54, 1.807) is 11.6 Å². The Bertz CT molecular complexity index is 1050. The summed E-state index contributed by atoms with van der Waals surface area (Å²) < 4.78 is 2.98. The summed E-state index contributed by atoms with van der Waals surface area (Å²) in [5.74, 6) is 0. The summed E-state index contributed by atoms with van der Waals surface area (Å²) in [4.78, 5) is 31.4. The van der Waals surface area contributed by atoms with Crippen molar-refractivity contribution in [2.45, 2.75) is 24.9 Å². The van der Waals surface area contributed by atoms with Crippen LogP contribution < -0.4 is 10.5 Å². The van der Waals surface area contributed by atoms with Gasteiger partial charge in [-0.15, -0.1) is 4.73 Å². The van der Waals surface area contributed by atoms with Gasteiger partial charge >= 0.3 is 11.8 Å². The molecule has 2 aromatic carbocycles.